The van der Waals surface area contributed by atoms with E-state index in [1.54, 1.807) is 21.1 Å². The second kappa shape index (κ2) is 45.4. The Morgan fingerprint density at radius 2 is 0.855 bits per heavy atom. The molecule has 0 amide bonds. The van der Waals surface area contributed by atoms with Crippen molar-refractivity contribution in [3.05, 3.63) is 24.3 Å². The predicted molar refractivity (Wildman–Crippen MR) is 259 cm³/mol. The van der Waals surface area contributed by atoms with Gasteiger partial charge >= 0.3 is 11.9 Å². The first-order chi connectivity index (χ1) is 30.1. The summed E-state index contributed by atoms with van der Waals surface area (Å²) in [5.41, 5.74) is 0. The van der Waals surface area contributed by atoms with E-state index in [9.17, 15) is 19.5 Å². The minimum Gasteiger partial charge on any atom is -0.544 e. The van der Waals surface area contributed by atoms with E-state index in [0.717, 1.165) is 64.2 Å². The zero-order chi connectivity index (χ0) is 45.6. The van der Waals surface area contributed by atoms with Crippen molar-refractivity contribution in [1.29, 1.82) is 0 Å². The van der Waals surface area contributed by atoms with Crippen LogP contribution in [0.15, 0.2) is 24.3 Å². The third-order valence-corrected chi connectivity index (χ3v) is 12.1. The van der Waals surface area contributed by atoms with E-state index in [-0.39, 0.29) is 42.7 Å². The SMILES string of the molecule is CCCCCC/C=C\C/C=C\CCCCCCCC(=O)OC(COCCC(C(=O)[O-])[N+](C)(C)C)COC(=O)CCCCCCCCCCCCCCCCCCCCCCCC. The molecule has 0 rings (SSSR count). The number of carbonyl (C=O) groups is 3. The van der Waals surface area contributed by atoms with Crippen molar-refractivity contribution in [2.45, 2.75) is 264 Å². The number of hydrogen-bond donors (Lipinski definition) is 0. The highest BCUT2D eigenvalue weighted by Crippen LogP contribution is 2.17. The molecule has 62 heavy (non-hydrogen) atoms. The van der Waals surface area contributed by atoms with E-state index in [2.05, 4.69) is 38.2 Å². The quantitative estimate of drug-likeness (QED) is 0.0260. The highest BCUT2D eigenvalue weighted by Gasteiger charge is 2.25. The Morgan fingerprint density at radius 1 is 0.484 bits per heavy atom. The molecular formula is C54H101NO7. The molecule has 0 aromatic rings. The molecule has 0 saturated heterocycles. The van der Waals surface area contributed by atoms with Crippen LogP contribution < -0.4 is 5.11 Å². The van der Waals surface area contributed by atoms with Crippen LogP contribution in [0.4, 0.5) is 0 Å². The number of quaternary nitrogens is 1. The molecule has 0 heterocycles. The molecule has 0 fully saturated rings. The number of likely N-dealkylation sites (N-methyl/N-ethyl adjacent to an activating group) is 1. The predicted octanol–water partition coefficient (Wildman–Crippen LogP) is 13.9. The van der Waals surface area contributed by atoms with Gasteiger partial charge in [0.2, 0.25) is 0 Å². The Bertz CT molecular complexity index is 1070. The summed E-state index contributed by atoms with van der Waals surface area (Å²) in [5, 5.41) is 11.7. The van der Waals surface area contributed by atoms with Gasteiger partial charge in [0.25, 0.3) is 0 Å². The summed E-state index contributed by atoms with van der Waals surface area (Å²) < 4.78 is 17.2. The minimum atomic E-state index is -1.12. The topological polar surface area (TPSA) is 102 Å². The van der Waals surface area contributed by atoms with Gasteiger partial charge in [-0.05, 0) is 44.9 Å². The maximum Gasteiger partial charge on any atom is 0.306 e. The van der Waals surface area contributed by atoms with Crippen LogP contribution in [-0.4, -0.2) is 75.5 Å². The standard InChI is InChI=1S/C54H101NO7/c1-6-8-10-12-14-16-18-20-22-24-25-26-27-28-29-31-32-34-36-38-40-42-44-52(56)61-49-50(48-60-47-46-51(54(58)59)55(3,4)5)62-53(57)45-43-41-39-37-35-33-30-23-21-19-17-15-13-11-9-7-2/h17,19,23,30,50-51H,6-16,18,20-22,24-29,31-49H2,1-5H3/b19-17-,30-23-. The second-order valence-electron chi connectivity index (χ2n) is 19.1. The van der Waals surface area contributed by atoms with Gasteiger partial charge < -0.3 is 28.6 Å². The average Bonchev–Trinajstić information content (AvgIpc) is 3.23. The van der Waals surface area contributed by atoms with Crippen LogP contribution >= 0.6 is 0 Å². The number of rotatable bonds is 48. The molecular weight excluding hydrogens is 775 g/mol. The van der Waals surface area contributed by atoms with E-state index in [1.807, 2.05) is 0 Å². The molecule has 0 aliphatic rings. The Morgan fingerprint density at radius 3 is 1.26 bits per heavy atom. The number of esters is 2. The summed E-state index contributed by atoms with van der Waals surface area (Å²) in [6.45, 7) is 4.67. The highest BCUT2D eigenvalue weighted by atomic mass is 16.6. The molecule has 8 nitrogen and oxygen atoms in total. The number of carboxylic acid groups (broad SMARTS) is 1. The second-order valence-corrected chi connectivity index (χ2v) is 19.1. The van der Waals surface area contributed by atoms with Gasteiger partial charge in [0.1, 0.15) is 12.6 Å². The zero-order valence-electron chi connectivity index (χ0n) is 41.6. The van der Waals surface area contributed by atoms with Crippen LogP contribution in [0.25, 0.3) is 0 Å². The lowest BCUT2D eigenvalue weighted by atomic mass is 10.0. The average molecular weight is 876 g/mol. The van der Waals surface area contributed by atoms with Crippen molar-refractivity contribution in [3.8, 4) is 0 Å². The highest BCUT2D eigenvalue weighted by molar-refractivity contribution is 5.70. The Labute approximate surface area is 383 Å². The first-order valence-electron chi connectivity index (χ1n) is 26.4. The molecule has 0 aromatic heterocycles. The van der Waals surface area contributed by atoms with Gasteiger partial charge in [-0.2, -0.15) is 0 Å². The van der Waals surface area contributed by atoms with Crippen LogP contribution in [0.3, 0.4) is 0 Å². The number of unbranched alkanes of at least 4 members (excludes halogenated alkanes) is 30. The smallest absolute Gasteiger partial charge is 0.306 e. The molecule has 0 spiro atoms. The van der Waals surface area contributed by atoms with Crippen molar-refractivity contribution in [3.63, 3.8) is 0 Å². The molecule has 2 atom stereocenters. The van der Waals surface area contributed by atoms with Gasteiger partial charge in [0.15, 0.2) is 6.10 Å². The van der Waals surface area contributed by atoms with E-state index >= 15 is 0 Å². The largest absolute Gasteiger partial charge is 0.544 e. The van der Waals surface area contributed by atoms with Crippen molar-refractivity contribution in [2.24, 2.45) is 0 Å². The maximum absolute atomic E-state index is 12.8. The molecule has 0 bridgehead atoms. The fourth-order valence-corrected chi connectivity index (χ4v) is 7.99. The molecule has 0 aliphatic carbocycles. The summed E-state index contributed by atoms with van der Waals surface area (Å²) in [4.78, 5) is 37.0. The maximum atomic E-state index is 12.8. The molecule has 0 N–H and O–H groups in total. The molecule has 0 aromatic carbocycles. The van der Waals surface area contributed by atoms with Gasteiger partial charge in [-0.3, -0.25) is 9.59 Å². The van der Waals surface area contributed by atoms with E-state index in [1.165, 1.54) is 154 Å². The Hall–Kier alpha value is -2.19. The summed E-state index contributed by atoms with van der Waals surface area (Å²) in [6.07, 6.45) is 52.1. The van der Waals surface area contributed by atoms with Crippen molar-refractivity contribution in [2.75, 3.05) is 41.0 Å². The van der Waals surface area contributed by atoms with Crippen LogP contribution in [-0.2, 0) is 28.6 Å². The lowest BCUT2D eigenvalue weighted by Crippen LogP contribution is -2.55. The fourth-order valence-electron chi connectivity index (χ4n) is 7.99. The van der Waals surface area contributed by atoms with Gasteiger partial charge in [-0.1, -0.05) is 212 Å². The molecule has 2 unspecified atom stereocenters. The lowest BCUT2D eigenvalue weighted by Gasteiger charge is -2.34. The van der Waals surface area contributed by atoms with Gasteiger partial charge in [-0.25, -0.2) is 0 Å². The Balaban J connectivity index is 4.18. The molecule has 0 aliphatic heterocycles. The van der Waals surface area contributed by atoms with Crippen molar-refractivity contribution in [1.82, 2.24) is 0 Å². The van der Waals surface area contributed by atoms with Crippen molar-refractivity contribution < 1.29 is 38.2 Å². The third-order valence-electron chi connectivity index (χ3n) is 12.1. The number of aliphatic carboxylic acids is 1. The summed E-state index contributed by atoms with van der Waals surface area (Å²) >= 11 is 0. The fraction of sp³-hybridized carbons (Fsp3) is 0.870. The molecule has 0 radical (unpaired) electrons. The molecule has 8 heteroatoms. The minimum absolute atomic E-state index is 0.0393. The van der Waals surface area contributed by atoms with E-state index < -0.39 is 18.1 Å². The van der Waals surface area contributed by atoms with Crippen molar-refractivity contribution >= 4 is 17.9 Å². The number of carbonyl (C=O) groups excluding carboxylic acids is 3. The van der Waals surface area contributed by atoms with Crippen LogP contribution in [0.2, 0.25) is 0 Å². The monoisotopic (exact) mass is 876 g/mol. The van der Waals surface area contributed by atoms with Gasteiger partial charge in [0, 0.05) is 19.3 Å². The van der Waals surface area contributed by atoms with Gasteiger partial charge in [-0.15, -0.1) is 0 Å². The first-order valence-corrected chi connectivity index (χ1v) is 26.4. The zero-order valence-corrected chi connectivity index (χ0v) is 41.6. The van der Waals surface area contributed by atoms with E-state index in [4.69, 9.17) is 14.2 Å². The number of ether oxygens (including phenoxy) is 3. The number of carboxylic acids is 1. The summed E-state index contributed by atoms with van der Waals surface area (Å²) in [6, 6.07) is -0.726. The first kappa shape index (κ1) is 59.8. The number of hydrogen-bond acceptors (Lipinski definition) is 7. The van der Waals surface area contributed by atoms with Crippen LogP contribution in [0.1, 0.15) is 251 Å². The Kier molecular flexibility index (Phi) is 43.8. The molecule has 364 valence electrons. The number of nitrogens with zero attached hydrogens (tertiary/aromatic N) is 1. The molecule has 0 saturated carbocycles. The normalized spacial score (nSPS) is 13.0. The lowest BCUT2D eigenvalue weighted by molar-refractivity contribution is -0.889. The number of allylic oxidation sites excluding steroid dienone is 4. The van der Waals surface area contributed by atoms with Crippen LogP contribution in [0, 0.1) is 0 Å². The van der Waals surface area contributed by atoms with Gasteiger partial charge in [0.05, 0.1) is 40.3 Å². The van der Waals surface area contributed by atoms with E-state index in [0.29, 0.717) is 12.8 Å². The summed E-state index contributed by atoms with van der Waals surface area (Å²) in [7, 11) is 5.42. The van der Waals surface area contributed by atoms with Crippen LogP contribution in [0.5, 0.6) is 0 Å². The summed E-state index contributed by atoms with van der Waals surface area (Å²) in [5.74, 6) is -1.74. The third kappa shape index (κ3) is 43.1.